The lowest BCUT2D eigenvalue weighted by molar-refractivity contribution is -0.118. The lowest BCUT2D eigenvalue weighted by atomic mass is 9.89. The van der Waals surface area contributed by atoms with Crippen molar-refractivity contribution < 1.29 is 23.0 Å². The van der Waals surface area contributed by atoms with Gasteiger partial charge in [-0.15, -0.1) is 0 Å². The van der Waals surface area contributed by atoms with E-state index >= 15 is 0 Å². The number of fused-ring (bicyclic) bond motifs is 1. The van der Waals surface area contributed by atoms with Crippen LogP contribution >= 0.6 is 11.7 Å². The zero-order valence-electron chi connectivity index (χ0n) is 17.8. The minimum absolute atomic E-state index is 0.154. The minimum Gasteiger partial charge on any atom is -0.771 e. The molecule has 0 bridgehead atoms. The van der Waals surface area contributed by atoms with Crippen LogP contribution in [0.15, 0.2) is 66.7 Å². The molecule has 1 heterocycles. The van der Waals surface area contributed by atoms with E-state index in [1.807, 2.05) is 0 Å². The number of anilines is 1. The molecule has 0 saturated carbocycles. The molecular weight excluding hydrogens is 462 g/mol. The van der Waals surface area contributed by atoms with Gasteiger partial charge in [-0.3, -0.25) is 9.00 Å². The summed E-state index contributed by atoms with van der Waals surface area (Å²) >= 11 is -1.84. The number of para-hydroxylation sites is 1. The molecule has 10 heteroatoms. The van der Waals surface area contributed by atoms with Crippen LogP contribution in [0.25, 0.3) is 11.0 Å². The van der Waals surface area contributed by atoms with Crippen LogP contribution in [0.1, 0.15) is 11.1 Å². The number of carbonyl (C=O) groups is 1. The van der Waals surface area contributed by atoms with Gasteiger partial charge in [0.15, 0.2) is 0 Å². The Kier molecular flexibility index (Phi) is 6.68. The maximum Gasteiger partial charge on any atom is 0.246 e. The normalized spacial score (nSPS) is 13.8. The van der Waals surface area contributed by atoms with Gasteiger partial charge in [-0.2, -0.15) is 8.75 Å². The number of hydrogen-bond donors (Lipinski definition) is 1. The van der Waals surface area contributed by atoms with Crippen molar-refractivity contribution in [2.24, 2.45) is 0 Å². The summed E-state index contributed by atoms with van der Waals surface area (Å²) in [5.74, 6) is 0.279. The van der Waals surface area contributed by atoms with Crippen LogP contribution in [0, 0.1) is 0 Å². The molecular formula is C23H20N3O5S2-. The monoisotopic (exact) mass is 482 g/mol. The number of aromatic nitrogens is 2. The fraction of sp³-hybridized carbons (Fsp3) is 0.174. The van der Waals surface area contributed by atoms with Crippen molar-refractivity contribution >= 4 is 45.4 Å². The first-order valence-electron chi connectivity index (χ1n) is 9.87. The summed E-state index contributed by atoms with van der Waals surface area (Å²) in [6.07, 6.45) is -0.154. The lowest BCUT2D eigenvalue weighted by Crippen LogP contribution is -2.46. The summed E-state index contributed by atoms with van der Waals surface area (Å²) in [6.45, 7) is 0. The predicted molar refractivity (Wildman–Crippen MR) is 126 cm³/mol. The number of benzene rings is 3. The van der Waals surface area contributed by atoms with E-state index in [1.165, 1.54) is 14.2 Å². The molecule has 2 unspecified atom stereocenters. The van der Waals surface area contributed by atoms with Crippen LogP contribution in [0.2, 0.25) is 0 Å². The molecule has 3 aromatic carbocycles. The van der Waals surface area contributed by atoms with E-state index in [2.05, 4.69) is 14.1 Å². The number of ether oxygens (including phenoxy) is 2. The number of carbonyl (C=O) groups excluding carboxylic acids is 1. The summed E-state index contributed by atoms with van der Waals surface area (Å²) in [5.41, 5.74) is 2.46. The van der Waals surface area contributed by atoms with E-state index in [9.17, 15) is 13.6 Å². The van der Waals surface area contributed by atoms with E-state index in [1.54, 1.807) is 66.7 Å². The number of hydrogen-bond acceptors (Lipinski definition) is 8. The van der Waals surface area contributed by atoms with Gasteiger partial charge in [0.2, 0.25) is 5.91 Å². The molecule has 1 amide bonds. The van der Waals surface area contributed by atoms with Crippen LogP contribution < -0.4 is 14.8 Å². The number of rotatable bonds is 8. The van der Waals surface area contributed by atoms with Gasteiger partial charge in [-0.25, -0.2) is 0 Å². The van der Waals surface area contributed by atoms with E-state index in [-0.39, 0.29) is 12.0 Å². The average molecular weight is 483 g/mol. The summed E-state index contributed by atoms with van der Waals surface area (Å²) in [7, 11) is 3.01. The van der Waals surface area contributed by atoms with E-state index in [0.717, 1.165) is 11.7 Å². The number of nitrogens with zero attached hydrogens (tertiary/aromatic N) is 2. The first kappa shape index (κ1) is 22.8. The summed E-state index contributed by atoms with van der Waals surface area (Å²) in [4.78, 5) is 13.7. The molecule has 0 saturated heterocycles. The van der Waals surface area contributed by atoms with E-state index < -0.39 is 21.7 Å². The van der Waals surface area contributed by atoms with Crippen molar-refractivity contribution in [3.63, 3.8) is 0 Å². The highest BCUT2D eigenvalue weighted by Crippen LogP contribution is 2.36. The molecule has 1 aromatic heterocycles. The van der Waals surface area contributed by atoms with Gasteiger partial charge in [-0.05, 0) is 58.6 Å². The van der Waals surface area contributed by atoms with Crippen molar-refractivity contribution in [1.82, 2.24) is 8.75 Å². The van der Waals surface area contributed by atoms with E-state index in [4.69, 9.17) is 9.47 Å². The molecule has 170 valence electrons. The largest absolute Gasteiger partial charge is 0.771 e. The Morgan fingerprint density at radius 3 is 2.30 bits per heavy atom. The maximum atomic E-state index is 13.7. The quantitative estimate of drug-likeness (QED) is 0.381. The maximum absolute atomic E-state index is 13.7. The van der Waals surface area contributed by atoms with Crippen LogP contribution in [0.5, 0.6) is 11.5 Å². The number of nitrogens with one attached hydrogen (secondary N) is 1. The molecule has 0 spiro atoms. The van der Waals surface area contributed by atoms with Gasteiger partial charge in [0.25, 0.3) is 0 Å². The van der Waals surface area contributed by atoms with Gasteiger partial charge < -0.3 is 19.3 Å². The van der Waals surface area contributed by atoms with Gasteiger partial charge in [-0.1, -0.05) is 24.3 Å². The Hall–Kier alpha value is -3.34. The summed E-state index contributed by atoms with van der Waals surface area (Å²) in [6, 6.07) is 18.6. The molecule has 0 fully saturated rings. The highest BCUT2D eigenvalue weighted by molar-refractivity contribution is 7.81. The van der Waals surface area contributed by atoms with Crippen LogP contribution in [0.3, 0.4) is 0 Å². The SMILES string of the molecule is COc1cc(CC(C(=O)Nc2ccccc2)(c2ccc3nsnc3c2)S(=O)[O-])cc(OC)c1. The van der Waals surface area contributed by atoms with Crippen molar-refractivity contribution in [2.45, 2.75) is 11.2 Å². The smallest absolute Gasteiger partial charge is 0.246 e. The Morgan fingerprint density at radius 1 is 1.00 bits per heavy atom. The van der Waals surface area contributed by atoms with Crippen LogP contribution in [-0.2, 0) is 27.0 Å². The first-order chi connectivity index (χ1) is 16.0. The van der Waals surface area contributed by atoms with Crippen molar-refractivity contribution in [3.05, 3.63) is 77.9 Å². The zero-order chi connectivity index (χ0) is 23.4. The summed E-state index contributed by atoms with van der Waals surface area (Å²) in [5, 5.41) is 2.75. The molecule has 4 aromatic rings. The number of amides is 1. The van der Waals surface area contributed by atoms with Crippen LogP contribution in [0.4, 0.5) is 5.69 Å². The Labute approximate surface area is 197 Å². The standard InChI is InChI=1S/C23H21N3O5S2/c1-30-18-10-15(11-19(13-18)31-2)14-23(33(28)29,22(27)24-17-6-4-3-5-7-17)16-8-9-20-21(12-16)26-32-25-20/h3-13H,14H2,1-2H3,(H,24,27)(H,28,29)/p-1. The third-order valence-electron chi connectivity index (χ3n) is 5.27. The molecule has 0 aliphatic rings. The second-order valence-electron chi connectivity index (χ2n) is 7.25. The van der Waals surface area contributed by atoms with Gasteiger partial charge >= 0.3 is 0 Å². The van der Waals surface area contributed by atoms with Gasteiger partial charge in [0, 0.05) is 18.2 Å². The van der Waals surface area contributed by atoms with Gasteiger partial charge in [0.1, 0.15) is 27.3 Å². The number of methoxy groups -OCH3 is 2. The molecule has 4 rings (SSSR count). The second kappa shape index (κ2) is 9.65. The molecule has 0 aliphatic heterocycles. The van der Waals surface area contributed by atoms with Crippen molar-refractivity contribution in [1.29, 1.82) is 0 Å². The second-order valence-corrected chi connectivity index (χ2v) is 8.94. The van der Waals surface area contributed by atoms with Crippen LogP contribution in [-0.4, -0.2) is 37.6 Å². The van der Waals surface area contributed by atoms with Crippen molar-refractivity contribution in [3.8, 4) is 11.5 Å². The third kappa shape index (κ3) is 4.58. The zero-order valence-corrected chi connectivity index (χ0v) is 19.4. The average Bonchev–Trinajstić information content (AvgIpc) is 3.30. The molecule has 33 heavy (non-hydrogen) atoms. The molecule has 0 radical (unpaired) electrons. The Morgan fingerprint density at radius 2 is 1.67 bits per heavy atom. The topological polar surface area (TPSA) is 113 Å². The Balaban J connectivity index is 1.87. The van der Waals surface area contributed by atoms with Gasteiger partial charge in [0.05, 0.1) is 25.9 Å². The fourth-order valence-electron chi connectivity index (χ4n) is 3.59. The summed E-state index contributed by atoms with van der Waals surface area (Å²) < 4.78 is 42.9. The fourth-order valence-corrected chi connectivity index (χ4v) is 4.91. The highest BCUT2D eigenvalue weighted by atomic mass is 32.2. The lowest BCUT2D eigenvalue weighted by Gasteiger charge is -2.35. The van der Waals surface area contributed by atoms with E-state index in [0.29, 0.717) is 33.8 Å². The molecule has 2 atom stereocenters. The molecule has 0 aliphatic carbocycles. The molecule has 1 N–H and O–H groups in total. The molecule has 8 nitrogen and oxygen atoms in total. The highest BCUT2D eigenvalue weighted by Gasteiger charge is 2.43. The Bertz CT molecular complexity index is 1290. The van der Waals surface area contributed by atoms with Crippen molar-refractivity contribution in [2.75, 3.05) is 19.5 Å². The third-order valence-corrected chi connectivity index (χ3v) is 6.96. The predicted octanol–water partition coefficient (Wildman–Crippen LogP) is 3.66. The first-order valence-corrected chi connectivity index (χ1v) is 11.7. The minimum atomic E-state index is -2.85.